The summed E-state index contributed by atoms with van der Waals surface area (Å²) in [4.78, 5) is 16.7. The van der Waals surface area contributed by atoms with Gasteiger partial charge in [0, 0.05) is 22.7 Å². The SMILES string of the molecule is COc1cccc(OC)c1S(=O)(=O)c1ccc(NC(=O)c2ccccn2)c2ccccc12. The number of nitrogens with zero attached hydrogens (tertiary/aromatic N) is 1. The number of anilines is 1. The molecular weight excluding hydrogens is 428 g/mol. The van der Waals surface area contributed by atoms with Crippen LogP contribution in [0.2, 0.25) is 0 Å². The second-order valence-electron chi connectivity index (χ2n) is 6.82. The first-order chi connectivity index (χ1) is 15.5. The number of sulfone groups is 1. The Bertz CT molecular complexity index is 1380. The molecule has 4 aromatic rings. The number of hydrogen-bond acceptors (Lipinski definition) is 6. The van der Waals surface area contributed by atoms with Crippen LogP contribution in [0.15, 0.2) is 88.8 Å². The van der Waals surface area contributed by atoms with Crippen molar-refractivity contribution in [3.63, 3.8) is 0 Å². The molecular formula is C24H20N2O5S. The Balaban J connectivity index is 1.86. The minimum Gasteiger partial charge on any atom is -0.495 e. The normalized spacial score (nSPS) is 11.2. The highest BCUT2D eigenvalue weighted by Gasteiger charge is 2.29. The van der Waals surface area contributed by atoms with Crippen LogP contribution < -0.4 is 14.8 Å². The van der Waals surface area contributed by atoms with E-state index in [0.29, 0.717) is 16.5 Å². The minimum absolute atomic E-state index is 0.0552. The number of aromatic nitrogens is 1. The smallest absolute Gasteiger partial charge is 0.274 e. The largest absolute Gasteiger partial charge is 0.495 e. The predicted octanol–water partition coefficient (Wildman–Crippen LogP) is 4.34. The van der Waals surface area contributed by atoms with E-state index in [4.69, 9.17) is 9.47 Å². The molecule has 32 heavy (non-hydrogen) atoms. The number of amides is 1. The molecule has 0 saturated heterocycles. The quantitative estimate of drug-likeness (QED) is 0.472. The fourth-order valence-electron chi connectivity index (χ4n) is 3.49. The number of nitrogens with one attached hydrogen (secondary N) is 1. The molecule has 0 aliphatic carbocycles. The van der Waals surface area contributed by atoms with E-state index in [9.17, 15) is 13.2 Å². The summed E-state index contributed by atoms with van der Waals surface area (Å²) >= 11 is 0. The summed E-state index contributed by atoms with van der Waals surface area (Å²) in [6.45, 7) is 0. The molecule has 0 radical (unpaired) electrons. The maximum Gasteiger partial charge on any atom is 0.274 e. The van der Waals surface area contributed by atoms with Gasteiger partial charge in [-0.2, -0.15) is 0 Å². The van der Waals surface area contributed by atoms with Gasteiger partial charge in [0.25, 0.3) is 5.91 Å². The van der Waals surface area contributed by atoms with Crippen molar-refractivity contribution in [3.8, 4) is 11.5 Å². The van der Waals surface area contributed by atoms with Crippen molar-refractivity contribution >= 4 is 32.2 Å². The Labute approximate surface area is 185 Å². The molecule has 3 aromatic carbocycles. The number of methoxy groups -OCH3 is 2. The molecule has 0 atom stereocenters. The average molecular weight is 449 g/mol. The van der Waals surface area contributed by atoms with Gasteiger partial charge in [0.15, 0.2) is 4.90 Å². The van der Waals surface area contributed by atoms with Gasteiger partial charge in [-0.25, -0.2) is 8.42 Å². The summed E-state index contributed by atoms with van der Waals surface area (Å²) < 4.78 is 38.0. The molecule has 1 amide bonds. The molecule has 0 spiro atoms. The molecule has 1 heterocycles. The molecule has 0 fully saturated rings. The molecule has 4 rings (SSSR count). The molecule has 7 nitrogen and oxygen atoms in total. The Morgan fingerprint density at radius 2 is 1.47 bits per heavy atom. The zero-order chi connectivity index (χ0) is 22.7. The number of carbonyl (C=O) groups excluding carboxylic acids is 1. The highest BCUT2D eigenvalue weighted by Crippen LogP contribution is 2.40. The monoisotopic (exact) mass is 448 g/mol. The van der Waals surface area contributed by atoms with Gasteiger partial charge < -0.3 is 14.8 Å². The van der Waals surface area contributed by atoms with Crippen LogP contribution in [0.3, 0.4) is 0 Å². The van der Waals surface area contributed by atoms with Gasteiger partial charge in [0.05, 0.1) is 19.1 Å². The standard InChI is InChI=1S/C24H20N2O5S/c1-30-20-11-7-12-21(31-2)23(20)32(28,29)22-14-13-18(16-8-3-4-9-17(16)22)26-24(27)19-10-5-6-15-25-19/h3-15H,1-2H3,(H,26,27). The fraction of sp³-hybridized carbons (Fsp3) is 0.0833. The summed E-state index contributed by atoms with van der Waals surface area (Å²) in [6, 6.07) is 19.8. The number of fused-ring (bicyclic) bond motifs is 1. The van der Waals surface area contributed by atoms with Crippen molar-refractivity contribution in [3.05, 3.63) is 84.7 Å². The molecule has 1 N–H and O–H groups in total. The maximum absolute atomic E-state index is 13.7. The maximum atomic E-state index is 13.7. The van der Waals surface area contributed by atoms with E-state index in [-0.39, 0.29) is 27.0 Å². The lowest BCUT2D eigenvalue weighted by Crippen LogP contribution is -2.14. The van der Waals surface area contributed by atoms with Crippen LogP contribution in [0.4, 0.5) is 5.69 Å². The first-order valence-corrected chi connectivity index (χ1v) is 11.2. The summed E-state index contributed by atoms with van der Waals surface area (Å²) in [6.07, 6.45) is 1.53. The van der Waals surface area contributed by atoms with Crippen LogP contribution in [-0.4, -0.2) is 33.5 Å². The van der Waals surface area contributed by atoms with Gasteiger partial charge in [0.2, 0.25) is 9.84 Å². The van der Waals surface area contributed by atoms with Crippen LogP contribution >= 0.6 is 0 Å². The number of benzene rings is 3. The molecule has 0 aliphatic rings. The third-order valence-electron chi connectivity index (χ3n) is 4.97. The number of hydrogen-bond donors (Lipinski definition) is 1. The number of rotatable bonds is 6. The zero-order valence-electron chi connectivity index (χ0n) is 17.4. The van der Waals surface area contributed by atoms with Gasteiger partial charge >= 0.3 is 0 Å². The Morgan fingerprint density at radius 3 is 2.09 bits per heavy atom. The van der Waals surface area contributed by atoms with Crippen LogP contribution in [-0.2, 0) is 9.84 Å². The van der Waals surface area contributed by atoms with E-state index in [1.807, 2.05) is 0 Å². The highest BCUT2D eigenvalue weighted by atomic mass is 32.2. The zero-order valence-corrected chi connectivity index (χ0v) is 18.2. The van der Waals surface area contributed by atoms with Crippen molar-refractivity contribution in [2.75, 3.05) is 19.5 Å². The summed E-state index contributed by atoms with van der Waals surface area (Å²) in [5, 5.41) is 3.85. The lowest BCUT2D eigenvalue weighted by molar-refractivity contribution is 0.102. The fourth-order valence-corrected chi connectivity index (χ4v) is 5.26. The van der Waals surface area contributed by atoms with Crippen LogP contribution in [0.5, 0.6) is 11.5 Å². The van der Waals surface area contributed by atoms with Crippen LogP contribution in [0, 0.1) is 0 Å². The molecule has 0 aliphatic heterocycles. The second kappa shape index (κ2) is 8.68. The van der Waals surface area contributed by atoms with Gasteiger partial charge in [-0.1, -0.05) is 36.4 Å². The van der Waals surface area contributed by atoms with Crippen LogP contribution in [0.1, 0.15) is 10.5 Å². The van der Waals surface area contributed by atoms with Crippen molar-refractivity contribution in [1.82, 2.24) is 4.98 Å². The second-order valence-corrected chi connectivity index (χ2v) is 8.68. The van der Waals surface area contributed by atoms with E-state index >= 15 is 0 Å². The first kappa shape index (κ1) is 21.3. The van der Waals surface area contributed by atoms with E-state index in [0.717, 1.165) is 0 Å². The lowest BCUT2D eigenvalue weighted by Gasteiger charge is -2.16. The lowest BCUT2D eigenvalue weighted by atomic mass is 10.1. The van der Waals surface area contributed by atoms with Crippen molar-refractivity contribution in [1.29, 1.82) is 0 Å². The Morgan fingerprint density at radius 1 is 0.812 bits per heavy atom. The topological polar surface area (TPSA) is 94.6 Å². The Kier molecular flexibility index (Phi) is 5.79. The number of pyridine rings is 1. The van der Waals surface area contributed by atoms with E-state index in [1.165, 1.54) is 26.5 Å². The predicted molar refractivity (Wildman–Crippen MR) is 121 cm³/mol. The van der Waals surface area contributed by atoms with Crippen molar-refractivity contribution in [2.24, 2.45) is 0 Å². The summed E-state index contributed by atoms with van der Waals surface area (Å²) in [5.74, 6) is -0.0281. The van der Waals surface area contributed by atoms with E-state index in [2.05, 4.69) is 10.3 Å². The first-order valence-electron chi connectivity index (χ1n) is 9.67. The molecule has 1 aromatic heterocycles. The van der Waals surface area contributed by atoms with E-state index < -0.39 is 15.7 Å². The van der Waals surface area contributed by atoms with Crippen molar-refractivity contribution < 1.29 is 22.7 Å². The number of carbonyl (C=O) groups is 1. The molecule has 0 unspecified atom stereocenters. The molecule has 162 valence electrons. The third kappa shape index (κ3) is 3.76. The van der Waals surface area contributed by atoms with Crippen LogP contribution in [0.25, 0.3) is 10.8 Å². The van der Waals surface area contributed by atoms with Gasteiger partial charge in [-0.05, 0) is 36.4 Å². The third-order valence-corrected chi connectivity index (χ3v) is 6.85. The molecule has 8 heteroatoms. The average Bonchev–Trinajstić information content (AvgIpc) is 2.84. The van der Waals surface area contributed by atoms with Crippen molar-refractivity contribution in [2.45, 2.75) is 9.79 Å². The van der Waals surface area contributed by atoms with Gasteiger partial charge in [0.1, 0.15) is 17.2 Å². The number of ether oxygens (including phenoxy) is 2. The summed E-state index contributed by atoms with van der Waals surface area (Å²) in [7, 11) is -1.21. The highest BCUT2D eigenvalue weighted by molar-refractivity contribution is 7.92. The summed E-state index contributed by atoms with van der Waals surface area (Å²) in [5.41, 5.74) is 0.731. The van der Waals surface area contributed by atoms with Gasteiger partial charge in [-0.3, -0.25) is 9.78 Å². The van der Waals surface area contributed by atoms with Gasteiger partial charge in [-0.15, -0.1) is 0 Å². The Hall–Kier alpha value is -3.91. The van der Waals surface area contributed by atoms with E-state index in [1.54, 1.807) is 66.7 Å². The minimum atomic E-state index is -4.02. The molecule has 0 saturated carbocycles. The molecule has 0 bridgehead atoms.